The van der Waals surface area contributed by atoms with E-state index in [4.69, 9.17) is 4.74 Å². The molecule has 2 aromatic carbocycles. The van der Waals surface area contributed by atoms with Gasteiger partial charge in [-0.25, -0.2) is 0 Å². The molecule has 3 nitrogen and oxygen atoms in total. The number of aryl methyl sites for hydroxylation is 2. The molecule has 0 saturated heterocycles. The van der Waals surface area contributed by atoms with Gasteiger partial charge in [-0.05, 0) is 56.7 Å². The first-order chi connectivity index (χ1) is 11.2. The predicted octanol–water partition coefficient (Wildman–Crippen LogP) is 4.73. The van der Waals surface area contributed by atoms with Gasteiger partial charge in [0, 0.05) is 5.69 Å². The van der Waals surface area contributed by atoms with E-state index in [-0.39, 0.29) is 5.69 Å². The van der Waals surface area contributed by atoms with Crippen LogP contribution in [0.3, 0.4) is 0 Å². The number of ether oxygens (including phenoxy) is 1. The smallest absolute Gasteiger partial charge is 0.416 e. The number of hydrogen-bond donors (Lipinski definition) is 1. The van der Waals surface area contributed by atoms with Crippen LogP contribution in [0.1, 0.15) is 23.6 Å². The summed E-state index contributed by atoms with van der Waals surface area (Å²) < 4.78 is 43.2. The van der Waals surface area contributed by atoms with E-state index in [2.05, 4.69) is 5.32 Å². The number of carbonyl (C=O) groups excluding carboxylic acids is 1. The molecule has 0 aliphatic carbocycles. The van der Waals surface area contributed by atoms with Crippen molar-refractivity contribution in [2.75, 3.05) is 5.32 Å². The van der Waals surface area contributed by atoms with Gasteiger partial charge >= 0.3 is 6.18 Å². The normalized spacial score (nSPS) is 12.6. The van der Waals surface area contributed by atoms with Crippen molar-refractivity contribution >= 4 is 11.6 Å². The first-order valence-electron chi connectivity index (χ1n) is 7.39. The zero-order valence-corrected chi connectivity index (χ0v) is 13.6. The van der Waals surface area contributed by atoms with Crippen LogP contribution in [0, 0.1) is 13.8 Å². The van der Waals surface area contributed by atoms with Crippen LogP contribution >= 0.6 is 0 Å². The summed E-state index contributed by atoms with van der Waals surface area (Å²) in [5.74, 6) is 0.158. The van der Waals surface area contributed by atoms with Crippen LogP contribution in [0.15, 0.2) is 42.5 Å². The second-order valence-corrected chi connectivity index (χ2v) is 5.59. The molecular formula is C18H18F3NO2. The number of nitrogens with one attached hydrogen (secondary N) is 1. The summed E-state index contributed by atoms with van der Waals surface area (Å²) in [6, 6.07) is 9.87. The fourth-order valence-corrected chi connectivity index (χ4v) is 2.16. The molecule has 0 unspecified atom stereocenters. The Kier molecular flexibility index (Phi) is 5.17. The molecule has 0 aromatic heterocycles. The maximum absolute atomic E-state index is 12.5. The van der Waals surface area contributed by atoms with E-state index in [9.17, 15) is 18.0 Å². The molecular weight excluding hydrogens is 319 g/mol. The van der Waals surface area contributed by atoms with Crippen LogP contribution in [0.4, 0.5) is 18.9 Å². The molecule has 0 aliphatic heterocycles. The number of hydrogen-bond acceptors (Lipinski definition) is 2. The Balaban J connectivity index is 2.01. The van der Waals surface area contributed by atoms with Crippen LogP contribution in [0.25, 0.3) is 0 Å². The van der Waals surface area contributed by atoms with E-state index in [1.807, 2.05) is 26.0 Å². The molecule has 0 bridgehead atoms. The van der Waals surface area contributed by atoms with Gasteiger partial charge in [0.2, 0.25) is 0 Å². The van der Waals surface area contributed by atoms with Gasteiger partial charge in [-0.1, -0.05) is 17.7 Å². The highest BCUT2D eigenvalue weighted by molar-refractivity contribution is 5.94. The number of anilines is 1. The number of benzene rings is 2. The number of halogens is 3. The molecule has 1 N–H and O–H groups in total. The van der Waals surface area contributed by atoms with Crippen LogP contribution in [-0.4, -0.2) is 12.0 Å². The van der Waals surface area contributed by atoms with Crippen LogP contribution in [0.5, 0.6) is 5.75 Å². The van der Waals surface area contributed by atoms with Gasteiger partial charge in [-0.3, -0.25) is 4.79 Å². The first kappa shape index (κ1) is 17.8. The lowest BCUT2D eigenvalue weighted by atomic mass is 10.1. The van der Waals surface area contributed by atoms with Gasteiger partial charge in [0.15, 0.2) is 6.10 Å². The van der Waals surface area contributed by atoms with Crippen molar-refractivity contribution in [2.45, 2.75) is 33.1 Å². The summed E-state index contributed by atoms with van der Waals surface area (Å²) in [5.41, 5.74) is 1.51. The summed E-state index contributed by atoms with van der Waals surface area (Å²) in [6.45, 7) is 5.42. The summed E-state index contributed by atoms with van der Waals surface area (Å²) in [5, 5.41) is 2.54. The Labute approximate surface area is 138 Å². The molecule has 0 aliphatic rings. The van der Waals surface area contributed by atoms with Gasteiger partial charge in [0.05, 0.1) is 5.56 Å². The molecule has 128 valence electrons. The monoisotopic (exact) mass is 337 g/mol. The standard InChI is InChI=1S/C18H18F3NO2/c1-11-4-9-16(12(2)10-11)24-13(3)17(23)22-15-7-5-14(6-8-15)18(19,20)21/h4-10,13H,1-3H3,(H,22,23)/t13-/m1/s1. The SMILES string of the molecule is Cc1ccc(O[C@H](C)C(=O)Nc2ccc(C(F)(F)F)cc2)c(C)c1. The van der Waals surface area contributed by atoms with Crippen molar-refractivity contribution in [3.05, 3.63) is 59.2 Å². The number of rotatable bonds is 4. The fourth-order valence-electron chi connectivity index (χ4n) is 2.16. The maximum atomic E-state index is 12.5. The zero-order valence-electron chi connectivity index (χ0n) is 13.6. The Morgan fingerprint density at radius 2 is 1.71 bits per heavy atom. The molecule has 0 spiro atoms. The zero-order chi connectivity index (χ0) is 17.9. The van der Waals surface area contributed by atoms with E-state index in [0.717, 1.165) is 23.3 Å². The highest BCUT2D eigenvalue weighted by Crippen LogP contribution is 2.29. The third kappa shape index (κ3) is 4.50. The van der Waals surface area contributed by atoms with Crippen molar-refractivity contribution in [1.29, 1.82) is 0 Å². The highest BCUT2D eigenvalue weighted by Gasteiger charge is 2.30. The minimum Gasteiger partial charge on any atom is -0.481 e. The molecule has 0 saturated carbocycles. The quantitative estimate of drug-likeness (QED) is 0.876. The highest BCUT2D eigenvalue weighted by atomic mass is 19.4. The number of amides is 1. The van der Waals surface area contributed by atoms with Gasteiger partial charge < -0.3 is 10.1 Å². The average molecular weight is 337 g/mol. The second-order valence-electron chi connectivity index (χ2n) is 5.59. The van der Waals surface area contributed by atoms with Crippen molar-refractivity contribution < 1.29 is 22.7 Å². The fraction of sp³-hybridized carbons (Fsp3) is 0.278. The lowest BCUT2D eigenvalue weighted by molar-refractivity contribution is -0.137. The van der Waals surface area contributed by atoms with E-state index in [0.29, 0.717) is 5.75 Å². The number of alkyl halides is 3. The van der Waals surface area contributed by atoms with Crippen molar-refractivity contribution in [3.8, 4) is 5.75 Å². The van der Waals surface area contributed by atoms with E-state index < -0.39 is 23.8 Å². The Hall–Kier alpha value is -2.50. The van der Waals surface area contributed by atoms with E-state index in [1.54, 1.807) is 13.0 Å². The van der Waals surface area contributed by atoms with Gasteiger partial charge in [-0.2, -0.15) is 13.2 Å². The molecule has 2 rings (SSSR count). The minimum atomic E-state index is -4.40. The van der Waals surface area contributed by atoms with Gasteiger partial charge in [0.25, 0.3) is 5.91 Å². The number of carbonyl (C=O) groups is 1. The topological polar surface area (TPSA) is 38.3 Å². The molecule has 1 amide bonds. The summed E-state index contributed by atoms with van der Waals surface area (Å²) in [7, 11) is 0. The summed E-state index contributed by atoms with van der Waals surface area (Å²) >= 11 is 0. The molecule has 6 heteroatoms. The molecule has 2 aromatic rings. The molecule has 0 fully saturated rings. The van der Waals surface area contributed by atoms with E-state index >= 15 is 0 Å². The van der Waals surface area contributed by atoms with Crippen LogP contribution < -0.4 is 10.1 Å². The van der Waals surface area contributed by atoms with Crippen LogP contribution in [-0.2, 0) is 11.0 Å². The third-order valence-corrected chi connectivity index (χ3v) is 3.48. The van der Waals surface area contributed by atoms with Crippen molar-refractivity contribution in [3.63, 3.8) is 0 Å². The Bertz CT molecular complexity index is 724. The van der Waals surface area contributed by atoms with Gasteiger partial charge in [0.1, 0.15) is 5.75 Å². The second kappa shape index (κ2) is 6.95. The lowest BCUT2D eigenvalue weighted by Crippen LogP contribution is -2.30. The average Bonchev–Trinajstić information content (AvgIpc) is 2.49. The third-order valence-electron chi connectivity index (χ3n) is 3.48. The molecule has 0 heterocycles. The summed E-state index contributed by atoms with van der Waals surface area (Å²) in [6.07, 6.45) is -5.18. The predicted molar refractivity (Wildman–Crippen MR) is 86.1 cm³/mol. The Morgan fingerprint density at radius 3 is 2.25 bits per heavy atom. The largest absolute Gasteiger partial charge is 0.481 e. The van der Waals surface area contributed by atoms with Crippen molar-refractivity contribution in [1.82, 2.24) is 0 Å². The lowest BCUT2D eigenvalue weighted by Gasteiger charge is -2.17. The molecule has 24 heavy (non-hydrogen) atoms. The first-order valence-corrected chi connectivity index (χ1v) is 7.39. The van der Waals surface area contributed by atoms with Crippen LogP contribution in [0.2, 0.25) is 0 Å². The molecule has 0 radical (unpaired) electrons. The maximum Gasteiger partial charge on any atom is 0.416 e. The Morgan fingerprint density at radius 1 is 1.08 bits per heavy atom. The summed E-state index contributed by atoms with van der Waals surface area (Å²) in [4.78, 5) is 12.1. The van der Waals surface area contributed by atoms with Crippen molar-refractivity contribution in [2.24, 2.45) is 0 Å². The van der Waals surface area contributed by atoms with Gasteiger partial charge in [-0.15, -0.1) is 0 Å². The minimum absolute atomic E-state index is 0.282. The molecule has 1 atom stereocenters. The van der Waals surface area contributed by atoms with E-state index in [1.165, 1.54) is 12.1 Å².